The van der Waals surface area contributed by atoms with Crippen molar-refractivity contribution in [3.05, 3.63) is 48.5 Å². The van der Waals surface area contributed by atoms with Crippen LogP contribution >= 0.6 is 11.3 Å². The lowest BCUT2D eigenvalue weighted by Crippen LogP contribution is -2.29. The van der Waals surface area contributed by atoms with Gasteiger partial charge in [-0.05, 0) is 24.3 Å². The SMILES string of the molecule is COc1cccc2sc(NNS(=O)(=O)c3ccccc3)nc12. The number of hydrazine groups is 1. The molecule has 0 aliphatic rings. The molecular weight excluding hydrogens is 322 g/mol. The largest absolute Gasteiger partial charge is 0.494 e. The predicted octanol–water partition coefficient (Wildman–Crippen LogP) is 2.61. The van der Waals surface area contributed by atoms with Crippen molar-refractivity contribution in [1.29, 1.82) is 0 Å². The van der Waals surface area contributed by atoms with Crippen LogP contribution in [0, 0.1) is 0 Å². The van der Waals surface area contributed by atoms with Gasteiger partial charge in [0.1, 0.15) is 11.3 Å². The Balaban J connectivity index is 1.82. The molecule has 1 heterocycles. The first-order valence-corrected chi connectivity index (χ1v) is 8.66. The average Bonchev–Trinajstić information content (AvgIpc) is 2.97. The number of thiazole rings is 1. The fourth-order valence-electron chi connectivity index (χ4n) is 1.91. The summed E-state index contributed by atoms with van der Waals surface area (Å²) in [6.07, 6.45) is 0. The van der Waals surface area contributed by atoms with E-state index in [0.717, 1.165) is 4.70 Å². The number of ether oxygens (including phenoxy) is 1. The number of fused-ring (bicyclic) bond motifs is 1. The molecule has 0 radical (unpaired) electrons. The van der Waals surface area contributed by atoms with E-state index in [0.29, 0.717) is 16.4 Å². The van der Waals surface area contributed by atoms with Crippen molar-refractivity contribution >= 4 is 36.7 Å². The lowest BCUT2D eigenvalue weighted by molar-refractivity contribution is 0.419. The van der Waals surface area contributed by atoms with E-state index in [-0.39, 0.29) is 4.90 Å². The number of rotatable bonds is 5. The zero-order valence-corrected chi connectivity index (χ0v) is 13.2. The fraction of sp³-hybridized carbons (Fsp3) is 0.0714. The van der Waals surface area contributed by atoms with E-state index in [2.05, 4.69) is 15.2 Å². The maximum Gasteiger partial charge on any atom is 0.257 e. The summed E-state index contributed by atoms with van der Waals surface area (Å²) in [7, 11) is -2.07. The van der Waals surface area contributed by atoms with Gasteiger partial charge in [-0.1, -0.05) is 35.6 Å². The van der Waals surface area contributed by atoms with Crippen molar-refractivity contribution in [2.24, 2.45) is 0 Å². The fourth-order valence-corrected chi connectivity index (χ4v) is 3.68. The minimum atomic E-state index is -3.64. The second-order valence-corrected chi connectivity index (χ2v) is 7.08. The van der Waals surface area contributed by atoms with E-state index in [9.17, 15) is 8.42 Å². The Hall–Kier alpha value is -2.16. The predicted molar refractivity (Wildman–Crippen MR) is 86.6 cm³/mol. The first-order chi connectivity index (χ1) is 10.6. The highest BCUT2D eigenvalue weighted by atomic mass is 32.2. The highest BCUT2D eigenvalue weighted by molar-refractivity contribution is 7.89. The molecule has 2 aromatic carbocycles. The molecule has 3 aromatic rings. The maximum atomic E-state index is 12.1. The monoisotopic (exact) mass is 335 g/mol. The maximum absolute atomic E-state index is 12.1. The third kappa shape index (κ3) is 2.89. The minimum absolute atomic E-state index is 0.182. The third-order valence-electron chi connectivity index (χ3n) is 2.95. The summed E-state index contributed by atoms with van der Waals surface area (Å²) in [4.78, 5) is 6.84. The van der Waals surface area contributed by atoms with E-state index in [1.165, 1.54) is 23.5 Å². The number of nitrogens with one attached hydrogen (secondary N) is 2. The molecule has 0 atom stereocenters. The van der Waals surface area contributed by atoms with E-state index in [4.69, 9.17) is 4.74 Å². The molecule has 0 fully saturated rings. The Morgan fingerprint density at radius 3 is 2.59 bits per heavy atom. The number of benzene rings is 2. The molecule has 0 aliphatic carbocycles. The molecule has 3 rings (SSSR count). The molecular formula is C14H13N3O3S2. The first kappa shape index (κ1) is 14.8. The normalized spacial score (nSPS) is 11.5. The van der Waals surface area contributed by atoms with Crippen molar-refractivity contribution in [2.75, 3.05) is 12.5 Å². The molecule has 0 saturated heterocycles. The number of hydrogen-bond donors (Lipinski definition) is 2. The number of hydrogen-bond acceptors (Lipinski definition) is 6. The summed E-state index contributed by atoms with van der Waals surface area (Å²) < 4.78 is 30.4. The lowest BCUT2D eigenvalue weighted by atomic mass is 10.3. The van der Waals surface area contributed by atoms with Crippen LogP contribution in [0.1, 0.15) is 0 Å². The Morgan fingerprint density at radius 1 is 1.09 bits per heavy atom. The van der Waals surface area contributed by atoms with Crippen LogP contribution in [0.15, 0.2) is 53.4 Å². The molecule has 0 aliphatic heterocycles. The van der Waals surface area contributed by atoms with Gasteiger partial charge < -0.3 is 4.74 Å². The smallest absolute Gasteiger partial charge is 0.257 e. The molecule has 1 aromatic heterocycles. The van der Waals surface area contributed by atoms with Gasteiger partial charge in [-0.3, -0.25) is 5.43 Å². The van der Waals surface area contributed by atoms with Crippen molar-refractivity contribution in [3.63, 3.8) is 0 Å². The van der Waals surface area contributed by atoms with Crippen molar-refractivity contribution in [2.45, 2.75) is 4.90 Å². The van der Waals surface area contributed by atoms with Crippen LogP contribution in [0.3, 0.4) is 0 Å². The molecule has 8 heteroatoms. The zero-order valence-electron chi connectivity index (χ0n) is 11.6. The van der Waals surface area contributed by atoms with E-state index < -0.39 is 10.0 Å². The van der Waals surface area contributed by atoms with Crippen LogP contribution in [0.25, 0.3) is 10.2 Å². The summed E-state index contributed by atoms with van der Waals surface area (Å²) in [5.74, 6) is 0.646. The third-order valence-corrected chi connectivity index (χ3v) is 5.15. The number of para-hydroxylation sites is 1. The topological polar surface area (TPSA) is 80.3 Å². The van der Waals surface area contributed by atoms with Crippen molar-refractivity contribution in [1.82, 2.24) is 9.82 Å². The Morgan fingerprint density at radius 2 is 1.86 bits per heavy atom. The number of nitrogens with zero attached hydrogens (tertiary/aromatic N) is 1. The first-order valence-electron chi connectivity index (χ1n) is 6.36. The average molecular weight is 335 g/mol. The van der Waals surface area contributed by atoms with Gasteiger partial charge in [-0.25, -0.2) is 13.4 Å². The summed E-state index contributed by atoms with van der Waals surface area (Å²) >= 11 is 1.33. The molecule has 2 N–H and O–H groups in total. The van der Waals surface area contributed by atoms with Gasteiger partial charge in [0.25, 0.3) is 10.0 Å². The second-order valence-electron chi connectivity index (χ2n) is 4.37. The van der Waals surface area contributed by atoms with Crippen LogP contribution < -0.4 is 15.0 Å². The lowest BCUT2D eigenvalue weighted by Gasteiger charge is -2.06. The molecule has 6 nitrogen and oxygen atoms in total. The summed E-state index contributed by atoms with van der Waals surface area (Å²) in [5, 5.41) is 0.444. The van der Waals surface area contributed by atoms with Gasteiger partial charge in [-0.15, -0.1) is 4.83 Å². The number of anilines is 1. The van der Waals surface area contributed by atoms with Crippen LogP contribution in [-0.2, 0) is 10.0 Å². The highest BCUT2D eigenvalue weighted by Gasteiger charge is 2.14. The van der Waals surface area contributed by atoms with Crippen LogP contribution in [-0.4, -0.2) is 20.5 Å². The Kier molecular flexibility index (Phi) is 3.97. The molecule has 0 amide bonds. The summed E-state index contributed by atoms with van der Waals surface area (Å²) in [6.45, 7) is 0. The van der Waals surface area contributed by atoms with Gasteiger partial charge in [-0.2, -0.15) is 0 Å². The van der Waals surface area contributed by atoms with Gasteiger partial charge >= 0.3 is 0 Å². The molecule has 114 valence electrons. The van der Waals surface area contributed by atoms with Crippen LogP contribution in [0.5, 0.6) is 5.75 Å². The van der Waals surface area contributed by atoms with Gasteiger partial charge in [0.05, 0.1) is 16.7 Å². The van der Waals surface area contributed by atoms with Crippen molar-refractivity contribution < 1.29 is 13.2 Å². The van der Waals surface area contributed by atoms with Gasteiger partial charge in [0, 0.05) is 0 Å². The Labute approximate surface area is 131 Å². The summed E-state index contributed by atoms with van der Waals surface area (Å²) in [5.41, 5.74) is 3.33. The van der Waals surface area contributed by atoms with Gasteiger partial charge in [0.15, 0.2) is 5.13 Å². The molecule has 22 heavy (non-hydrogen) atoms. The quantitative estimate of drug-likeness (QED) is 0.701. The molecule has 0 saturated carbocycles. The van der Waals surface area contributed by atoms with Gasteiger partial charge in [0.2, 0.25) is 0 Å². The van der Waals surface area contributed by atoms with E-state index >= 15 is 0 Å². The highest BCUT2D eigenvalue weighted by Crippen LogP contribution is 2.31. The number of sulfonamides is 1. The molecule has 0 spiro atoms. The number of methoxy groups -OCH3 is 1. The zero-order chi connectivity index (χ0) is 15.6. The summed E-state index contributed by atoms with van der Waals surface area (Å²) in [6, 6.07) is 13.7. The standard InChI is InChI=1S/C14H13N3O3S2/c1-20-11-8-5-9-12-13(11)15-14(21-12)16-17-22(18,19)10-6-3-2-4-7-10/h2-9,17H,1H3,(H,15,16). The molecule has 0 bridgehead atoms. The Bertz CT molecular complexity index is 892. The number of aromatic nitrogens is 1. The van der Waals surface area contributed by atoms with Crippen LogP contribution in [0.4, 0.5) is 5.13 Å². The van der Waals surface area contributed by atoms with Crippen molar-refractivity contribution in [3.8, 4) is 5.75 Å². The van der Waals surface area contributed by atoms with E-state index in [1.807, 2.05) is 12.1 Å². The second kappa shape index (κ2) is 5.91. The van der Waals surface area contributed by atoms with Crippen LogP contribution in [0.2, 0.25) is 0 Å². The molecule has 0 unspecified atom stereocenters. The van der Waals surface area contributed by atoms with E-state index in [1.54, 1.807) is 31.4 Å². The minimum Gasteiger partial charge on any atom is -0.494 e.